The maximum atomic E-state index is 10.9. The number of aryl methyl sites for hydroxylation is 1. The van der Waals surface area contributed by atoms with Crippen molar-refractivity contribution in [2.75, 3.05) is 0 Å². The zero-order valence-corrected chi connectivity index (χ0v) is 10.5. The largest absolute Gasteiger partial charge is 0.481 e. The smallest absolute Gasteiger partial charge is 0.309 e. The van der Waals surface area contributed by atoms with E-state index in [4.69, 9.17) is 5.11 Å². The monoisotopic (exact) mass is 257 g/mol. The SMILES string of the molecule is O=C(O)Cc1cnnn1-c1cccc2c1CCCC2. The fourth-order valence-corrected chi connectivity index (χ4v) is 2.69. The molecule has 1 heterocycles. The highest BCUT2D eigenvalue weighted by Gasteiger charge is 2.17. The summed E-state index contributed by atoms with van der Waals surface area (Å²) >= 11 is 0. The van der Waals surface area contributed by atoms with Gasteiger partial charge in [-0.25, -0.2) is 4.68 Å². The van der Waals surface area contributed by atoms with E-state index in [1.54, 1.807) is 4.68 Å². The molecule has 1 aliphatic rings. The van der Waals surface area contributed by atoms with Crippen molar-refractivity contribution in [1.29, 1.82) is 0 Å². The van der Waals surface area contributed by atoms with Crippen LogP contribution in [-0.2, 0) is 24.1 Å². The number of nitrogens with zero attached hydrogens (tertiary/aromatic N) is 3. The molecule has 0 aliphatic heterocycles. The van der Waals surface area contributed by atoms with Crippen molar-refractivity contribution in [2.45, 2.75) is 32.1 Å². The molecule has 98 valence electrons. The van der Waals surface area contributed by atoms with E-state index in [0.717, 1.165) is 18.5 Å². The number of carboxylic acids is 1. The Labute approximate surface area is 110 Å². The van der Waals surface area contributed by atoms with E-state index < -0.39 is 5.97 Å². The van der Waals surface area contributed by atoms with Gasteiger partial charge >= 0.3 is 5.97 Å². The molecule has 2 aromatic rings. The predicted molar refractivity (Wildman–Crippen MR) is 69.3 cm³/mol. The fraction of sp³-hybridized carbons (Fsp3) is 0.357. The normalized spacial score (nSPS) is 14.1. The Kier molecular flexibility index (Phi) is 3.03. The van der Waals surface area contributed by atoms with Gasteiger partial charge in [0.1, 0.15) is 0 Å². The fourth-order valence-electron chi connectivity index (χ4n) is 2.69. The Morgan fingerprint density at radius 1 is 1.32 bits per heavy atom. The molecule has 5 nitrogen and oxygen atoms in total. The first-order valence-electron chi connectivity index (χ1n) is 6.48. The summed E-state index contributed by atoms with van der Waals surface area (Å²) in [5, 5.41) is 16.8. The summed E-state index contributed by atoms with van der Waals surface area (Å²) in [6.07, 6.45) is 5.97. The highest BCUT2D eigenvalue weighted by Crippen LogP contribution is 2.27. The third-order valence-corrected chi connectivity index (χ3v) is 3.55. The van der Waals surface area contributed by atoms with Crippen molar-refractivity contribution in [1.82, 2.24) is 15.0 Å². The Bertz CT molecular complexity index is 619. The van der Waals surface area contributed by atoms with E-state index in [1.165, 1.54) is 30.2 Å². The lowest BCUT2D eigenvalue weighted by atomic mass is 9.90. The van der Waals surface area contributed by atoms with Gasteiger partial charge in [-0.3, -0.25) is 4.79 Å². The third-order valence-electron chi connectivity index (χ3n) is 3.55. The van der Waals surface area contributed by atoms with Crippen molar-refractivity contribution >= 4 is 5.97 Å². The minimum Gasteiger partial charge on any atom is -0.481 e. The van der Waals surface area contributed by atoms with Gasteiger partial charge in [-0.2, -0.15) is 0 Å². The number of carboxylic acid groups (broad SMARTS) is 1. The van der Waals surface area contributed by atoms with Gasteiger partial charge in [-0.15, -0.1) is 5.10 Å². The van der Waals surface area contributed by atoms with Gasteiger partial charge in [0.25, 0.3) is 0 Å². The molecule has 0 saturated heterocycles. The number of fused-ring (bicyclic) bond motifs is 1. The van der Waals surface area contributed by atoms with Crippen molar-refractivity contribution in [3.05, 3.63) is 41.2 Å². The molecule has 1 aliphatic carbocycles. The molecule has 1 aromatic heterocycles. The number of aliphatic carboxylic acids is 1. The van der Waals surface area contributed by atoms with Crippen LogP contribution in [0.25, 0.3) is 5.69 Å². The Balaban J connectivity index is 2.07. The molecule has 19 heavy (non-hydrogen) atoms. The zero-order chi connectivity index (χ0) is 13.2. The maximum Gasteiger partial charge on any atom is 0.309 e. The van der Waals surface area contributed by atoms with Crippen LogP contribution in [0, 0.1) is 0 Å². The van der Waals surface area contributed by atoms with E-state index in [2.05, 4.69) is 16.4 Å². The molecular formula is C14H15N3O2. The molecule has 0 radical (unpaired) electrons. The molecule has 0 atom stereocenters. The Morgan fingerprint density at radius 2 is 2.16 bits per heavy atom. The first-order valence-corrected chi connectivity index (χ1v) is 6.48. The second-order valence-corrected chi connectivity index (χ2v) is 4.83. The van der Waals surface area contributed by atoms with Crippen molar-refractivity contribution in [3.8, 4) is 5.69 Å². The van der Waals surface area contributed by atoms with Gasteiger partial charge in [-0.05, 0) is 42.9 Å². The number of hydrogen-bond donors (Lipinski definition) is 1. The first kappa shape index (κ1) is 11.9. The zero-order valence-electron chi connectivity index (χ0n) is 10.5. The Morgan fingerprint density at radius 3 is 3.00 bits per heavy atom. The molecule has 0 spiro atoms. The summed E-state index contributed by atoms with van der Waals surface area (Å²) < 4.78 is 1.66. The van der Waals surface area contributed by atoms with E-state index in [1.807, 2.05) is 12.1 Å². The summed E-state index contributed by atoms with van der Waals surface area (Å²) in [6, 6.07) is 6.14. The average Bonchev–Trinajstić information content (AvgIpc) is 2.85. The van der Waals surface area contributed by atoms with Crippen LogP contribution in [0.15, 0.2) is 24.4 Å². The first-order chi connectivity index (χ1) is 9.25. The molecule has 0 fully saturated rings. The Hall–Kier alpha value is -2.17. The van der Waals surface area contributed by atoms with Crippen LogP contribution in [0.4, 0.5) is 0 Å². The number of rotatable bonds is 3. The molecule has 1 aromatic carbocycles. The van der Waals surface area contributed by atoms with Crippen LogP contribution in [0.3, 0.4) is 0 Å². The third kappa shape index (κ3) is 2.23. The van der Waals surface area contributed by atoms with Gasteiger partial charge < -0.3 is 5.11 Å². The van der Waals surface area contributed by atoms with Crippen LogP contribution >= 0.6 is 0 Å². The van der Waals surface area contributed by atoms with Gasteiger partial charge in [0.2, 0.25) is 0 Å². The molecule has 1 N–H and O–H groups in total. The quantitative estimate of drug-likeness (QED) is 0.910. The number of hydrogen-bond acceptors (Lipinski definition) is 3. The summed E-state index contributed by atoms with van der Waals surface area (Å²) in [7, 11) is 0. The summed E-state index contributed by atoms with van der Waals surface area (Å²) in [4.78, 5) is 10.9. The lowest BCUT2D eigenvalue weighted by Crippen LogP contribution is -2.13. The molecule has 0 amide bonds. The van der Waals surface area contributed by atoms with E-state index >= 15 is 0 Å². The van der Waals surface area contributed by atoms with E-state index in [0.29, 0.717) is 5.69 Å². The van der Waals surface area contributed by atoms with Crippen molar-refractivity contribution in [2.24, 2.45) is 0 Å². The molecule has 0 saturated carbocycles. The van der Waals surface area contributed by atoms with Crippen molar-refractivity contribution < 1.29 is 9.90 Å². The predicted octanol–water partition coefficient (Wildman–Crippen LogP) is 1.77. The molecule has 0 unspecified atom stereocenters. The average molecular weight is 257 g/mol. The maximum absolute atomic E-state index is 10.9. The summed E-state index contributed by atoms with van der Waals surface area (Å²) in [6.45, 7) is 0. The molecule has 3 rings (SSSR count). The van der Waals surface area contributed by atoms with Crippen molar-refractivity contribution in [3.63, 3.8) is 0 Å². The molecular weight excluding hydrogens is 242 g/mol. The highest BCUT2D eigenvalue weighted by atomic mass is 16.4. The van der Waals surface area contributed by atoms with Gasteiger partial charge in [0, 0.05) is 0 Å². The lowest BCUT2D eigenvalue weighted by molar-refractivity contribution is -0.136. The van der Waals surface area contributed by atoms with E-state index in [-0.39, 0.29) is 6.42 Å². The second-order valence-electron chi connectivity index (χ2n) is 4.83. The minimum absolute atomic E-state index is 0.0589. The lowest BCUT2D eigenvalue weighted by Gasteiger charge is -2.19. The standard InChI is InChI=1S/C14H15N3O2/c18-14(19)8-11-9-15-16-17(11)13-7-3-5-10-4-1-2-6-12(10)13/h3,5,7,9H,1-2,4,6,8H2,(H,18,19). The second kappa shape index (κ2) is 4.84. The number of benzene rings is 1. The topological polar surface area (TPSA) is 68.0 Å². The van der Waals surface area contributed by atoms with Crippen LogP contribution in [-0.4, -0.2) is 26.1 Å². The van der Waals surface area contributed by atoms with Gasteiger partial charge in [0.15, 0.2) is 0 Å². The molecule has 5 heteroatoms. The minimum atomic E-state index is -0.867. The van der Waals surface area contributed by atoms with Crippen LogP contribution in [0.5, 0.6) is 0 Å². The highest BCUT2D eigenvalue weighted by molar-refractivity contribution is 5.69. The van der Waals surface area contributed by atoms with Gasteiger partial charge in [-0.1, -0.05) is 17.3 Å². The summed E-state index contributed by atoms with van der Waals surface area (Å²) in [5.41, 5.74) is 4.23. The van der Waals surface area contributed by atoms with Crippen LogP contribution in [0.1, 0.15) is 29.7 Å². The van der Waals surface area contributed by atoms with Crippen LogP contribution < -0.4 is 0 Å². The number of carbonyl (C=O) groups is 1. The molecule has 0 bridgehead atoms. The van der Waals surface area contributed by atoms with Crippen LogP contribution in [0.2, 0.25) is 0 Å². The van der Waals surface area contributed by atoms with E-state index in [9.17, 15) is 4.79 Å². The summed E-state index contributed by atoms with van der Waals surface area (Å²) in [5.74, 6) is -0.867. The number of aromatic nitrogens is 3. The van der Waals surface area contributed by atoms with Gasteiger partial charge in [0.05, 0.1) is 24.0 Å².